The van der Waals surface area contributed by atoms with Gasteiger partial charge in [-0.1, -0.05) is 163 Å². The Labute approximate surface area is 311 Å². The zero-order valence-corrected chi connectivity index (χ0v) is 29.8. The zero-order valence-electron chi connectivity index (χ0n) is 28.2. The van der Waals surface area contributed by atoms with Crippen molar-refractivity contribution in [2.75, 3.05) is 0 Å². The fourth-order valence-electron chi connectivity index (χ4n) is 8.71. The topological polar surface area (TPSA) is 4.93 Å². The van der Waals surface area contributed by atoms with Crippen molar-refractivity contribution in [2.24, 2.45) is 0 Å². The second-order valence-electron chi connectivity index (χ2n) is 13.6. The predicted molar refractivity (Wildman–Crippen MR) is 218 cm³/mol. The molecule has 9 aromatic rings. The molecule has 3 heterocycles. The molecule has 3 heteroatoms. The fourth-order valence-corrected chi connectivity index (χ4v) is 11.2. The lowest BCUT2D eigenvalue weighted by molar-refractivity contribution is 0.668. The number of hydrogen-bond donors (Lipinski definition) is 0. The van der Waals surface area contributed by atoms with Crippen LogP contribution in [-0.2, 0) is 5.41 Å². The van der Waals surface area contributed by atoms with Gasteiger partial charge in [-0.15, -0.1) is 0 Å². The van der Waals surface area contributed by atoms with Crippen LogP contribution < -0.4 is 0 Å². The molecule has 0 unspecified atom stereocenters. The number of fused-ring (bicyclic) bond motifs is 11. The monoisotopic (exact) mass is 697 g/mol. The summed E-state index contributed by atoms with van der Waals surface area (Å²) in [6.07, 6.45) is 0. The molecule has 11 rings (SSSR count). The van der Waals surface area contributed by atoms with Gasteiger partial charge in [0, 0.05) is 36.0 Å². The van der Waals surface area contributed by atoms with E-state index in [-0.39, 0.29) is 0 Å². The summed E-state index contributed by atoms with van der Waals surface area (Å²) in [6.45, 7) is 0. The van der Waals surface area contributed by atoms with Crippen molar-refractivity contribution < 1.29 is 0 Å². The third-order valence-corrected chi connectivity index (χ3v) is 13.3. The van der Waals surface area contributed by atoms with Crippen LogP contribution in [0.2, 0.25) is 0 Å². The van der Waals surface area contributed by atoms with E-state index in [4.69, 9.17) is 0 Å². The molecule has 1 aromatic heterocycles. The third kappa shape index (κ3) is 4.27. The molecule has 0 radical (unpaired) electrons. The molecule has 0 atom stereocenters. The molecule has 2 aliphatic rings. The Morgan fingerprint density at radius 3 is 1.77 bits per heavy atom. The number of rotatable bonds is 3. The van der Waals surface area contributed by atoms with E-state index >= 15 is 0 Å². The van der Waals surface area contributed by atoms with E-state index in [0.717, 1.165) is 0 Å². The number of aromatic nitrogens is 1. The zero-order chi connectivity index (χ0) is 34.2. The lowest BCUT2D eigenvalue weighted by Gasteiger charge is -2.46. The van der Waals surface area contributed by atoms with Crippen molar-refractivity contribution in [1.29, 1.82) is 0 Å². The minimum atomic E-state index is -0.488. The van der Waals surface area contributed by atoms with Gasteiger partial charge in [0.2, 0.25) is 0 Å². The predicted octanol–water partition coefficient (Wildman–Crippen LogP) is 13.4. The van der Waals surface area contributed by atoms with E-state index in [0.29, 0.717) is 0 Å². The first-order chi connectivity index (χ1) is 25.8. The molecule has 0 aliphatic carbocycles. The van der Waals surface area contributed by atoms with Crippen molar-refractivity contribution >= 4 is 45.3 Å². The number of hydrogen-bond acceptors (Lipinski definition) is 2. The summed E-state index contributed by atoms with van der Waals surface area (Å²) in [6, 6.07) is 69.7. The van der Waals surface area contributed by atoms with Gasteiger partial charge in [-0.05, 0) is 93.0 Å². The van der Waals surface area contributed by atoms with Crippen LogP contribution in [0.25, 0.3) is 49.7 Å². The molecule has 1 nitrogen and oxygen atoms in total. The van der Waals surface area contributed by atoms with E-state index < -0.39 is 5.41 Å². The van der Waals surface area contributed by atoms with E-state index in [9.17, 15) is 0 Å². The Balaban J connectivity index is 1.21. The molecule has 52 heavy (non-hydrogen) atoms. The molecule has 1 spiro atoms. The molecule has 0 saturated carbocycles. The van der Waals surface area contributed by atoms with Gasteiger partial charge in [-0.3, -0.25) is 0 Å². The maximum absolute atomic E-state index is 2.47. The van der Waals surface area contributed by atoms with E-state index in [1.165, 1.54) is 91.6 Å². The van der Waals surface area contributed by atoms with Crippen LogP contribution in [0.3, 0.4) is 0 Å². The van der Waals surface area contributed by atoms with Gasteiger partial charge in [0.25, 0.3) is 0 Å². The summed E-state index contributed by atoms with van der Waals surface area (Å²) in [7, 11) is 0. The van der Waals surface area contributed by atoms with Crippen molar-refractivity contribution in [2.45, 2.75) is 25.0 Å². The Morgan fingerprint density at radius 2 is 0.981 bits per heavy atom. The van der Waals surface area contributed by atoms with Gasteiger partial charge in [-0.25, -0.2) is 0 Å². The van der Waals surface area contributed by atoms with Crippen molar-refractivity contribution in [3.8, 4) is 27.9 Å². The van der Waals surface area contributed by atoms with Crippen LogP contribution in [0.15, 0.2) is 208 Å². The first-order valence-electron chi connectivity index (χ1n) is 17.8. The highest BCUT2D eigenvalue weighted by molar-refractivity contribution is 8.00. The van der Waals surface area contributed by atoms with E-state index in [2.05, 4.69) is 193 Å². The largest absolute Gasteiger partial charge is 0.309 e. The Kier molecular flexibility index (Phi) is 6.70. The molecule has 8 aromatic carbocycles. The van der Waals surface area contributed by atoms with Crippen LogP contribution in [-0.4, -0.2) is 4.57 Å². The van der Waals surface area contributed by atoms with Crippen LogP contribution in [0.1, 0.15) is 22.3 Å². The van der Waals surface area contributed by atoms with Crippen molar-refractivity contribution in [1.82, 2.24) is 4.57 Å². The molecule has 0 bridgehead atoms. The van der Waals surface area contributed by atoms with Gasteiger partial charge >= 0.3 is 0 Å². The molecule has 0 amide bonds. The summed E-state index contributed by atoms with van der Waals surface area (Å²) >= 11 is 3.82. The van der Waals surface area contributed by atoms with Crippen LogP contribution in [0, 0.1) is 0 Å². The first-order valence-corrected chi connectivity index (χ1v) is 19.4. The lowest BCUT2D eigenvalue weighted by Crippen LogP contribution is -2.36. The highest BCUT2D eigenvalue weighted by Crippen LogP contribution is 2.63. The SMILES string of the molecule is c1ccc(-c2ccc3c(c2)C2(c4ccccc4Sc4ccccc42)c2cccc(-c4ccc5c6ccccc6n(-c6ccccc6)c5c4)c2S3)cc1. The Hall–Kier alpha value is -5.74. The molecule has 0 fully saturated rings. The summed E-state index contributed by atoms with van der Waals surface area (Å²) in [5.74, 6) is 0. The standard InChI is InChI=1S/C49H31NS2/c1-3-14-32(15-4-1)33-27-29-47-42(30-33)49(39-20-8-11-24-45(39)51-46-25-12-9-21-40(46)49)41-22-13-19-36(48(41)52-47)34-26-28-38-37-18-7-10-23-43(37)50(44(38)31-34)35-16-5-2-6-17-35/h1-31H. The lowest BCUT2D eigenvalue weighted by atomic mass is 9.64. The number of nitrogens with zero attached hydrogens (tertiary/aromatic N) is 1. The van der Waals surface area contributed by atoms with Crippen LogP contribution in [0.5, 0.6) is 0 Å². The molecule has 0 N–H and O–H groups in total. The number of para-hydroxylation sites is 2. The molecule has 0 saturated heterocycles. The highest BCUT2D eigenvalue weighted by Gasteiger charge is 2.49. The average Bonchev–Trinajstić information content (AvgIpc) is 3.55. The summed E-state index contributed by atoms with van der Waals surface area (Å²) in [5, 5.41) is 2.54. The average molecular weight is 698 g/mol. The second kappa shape index (κ2) is 11.6. The summed E-state index contributed by atoms with van der Waals surface area (Å²) < 4.78 is 2.42. The van der Waals surface area contributed by atoms with Gasteiger partial charge in [-0.2, -0.15) is 0 Å². The van der Waals surface area contributed by atoms with Crippen molar-refractivity contribution in [3.63, 3.8) is 0 Å². The van der Waals surface area contributed by atoms with E-state index in [1.54, 1.807) is 0 Å². The van der Waals surface area contributed by atoms with E-state index in [1.807, 2.05) is 23.5 Å². The third-order valence-electron chi connectivity index (χ3n) is 10.9. The van der Waals surface area contributed by atoms with Crippen molar-refractivity contribution in [3.05, 3.63) is 210 Å². The Morgan fingerprint density at radius 1 is 0.365 bits per heavy atom. The van der Waals surface area contributed by atoms with Gasteiger partial charge in [0.1, 0.15) is 0 Å². The van der Waals surface area contributed by atoms with Crippen LogP contribution in [0.4, 0.5) is 0 Å². The summed E-state index contributed by atoms with van der Waals surface area (Å²) in [4.78, 5) is 5.25. The minimum absolute atomic E-state index is 0.488. The quantitative estimate of drug-likeness (QED) is 0.181. The van der Waals surface area contributed by atoms with Gasteiger partial charge in [0.15, 0.2) is 0 Å². The van der Waals surface area contributed by atoms with Gasteiger partial charge < -0.3 is 4.57 Å². The first kappa shape index (κ1) is 29.9. The fraction of sp³-hybridized carbons (Fsp3) is 0.0204. The molecule has 244 valence electrons. The minimum Gasteiger partial charge on any atom is -0.309 e. The van der Waals surface area contributed by atoms with Gasteiger partial charge in [0.05, 0.1) is 16.4 Å². The second-order valence-corrected chi connectivity index (χ2v) is 15.8. The molecular formula is C49H31NS2. The maximum atomic E-state index is 2.47. The molecular weight excluding hydrogens is 667 g/mol. The Bertz CT molecular complexity index is 2810. The maximum Gasteiger partial charge on any atom is 0.0745 e. The number of benzene rings is 8. The van der Waals surface area contributed by atoms with Crippen LogP contribution >= 0.6 is 23.5 Å². The smallest absolute Gasteiger partial charge is 0.0745 e. The normalized spacial score (nSPS) is 13.8. The highest BCUT2D eigenvalue weighted by atomic mass is 32.2. The molecule has 2 aliphatic heterocycles. The summed E-state index contributed by atoms with van der Waals surface area (Å²) in [5.41, 5.74) is 13.5.